The minimum atomic E-state index is -1.04. The standard InChI is InChI=1S/C21H40N6O8/c1-21(2,3)20(35)25-5-4-24-16(28)12-22-6-8-26(14-18(31)32)10-11-27(15-19(33)34)9-7-23-13-17(29)30/h22-23H,4-15H2,1-3H3,(H,24,28)(H,25,35)(H,29,30)(H,31,32)(H,33,34). The quantitative estimate of drug-likeness (QED) is 0.0847. The first-order valence-electron chi connectivity index (χ1n) is 11.4. The highest BCUT2D eigenvalue weighted by Crippen LogP contribution is 2.11. The number of carbonyl (C=O) groups excluding carboxylic acids is 2. The molecule has 0 aliphatic heterocycles. The van der Waals surface area contributed by atoms with Crippen LogP contribution in [0, 0.1) is 5.41 Å². The molecule has 14 nitrogen and oxygen atoms in total. The van der Waals surface area contributed by atoms with E-state index in [9.17, 15) is 24.0 Å². The average Bonchev–Trinajstić information content (AvgIpc) is 2.73. The fraction of sp³-hybridized carbons (Fsp3) is 0.762. The Labute approximate surface area is 205 Å². The number of carbonyl (C=O) groups is 5. The summed E-state index contributed by atoms with van der Waals surface area (Å²) in [7, 11) is 0. The normalized spacial score (nSPS) is 11.5. The summed E-state index contributed by atoms with van der Waals surface area (Å²) in [5.41, 5.74) is -0.505. The Morgan fingerprint density at radius 3 is 1.51 bits per heavy atom. The third-order valence-corrected chi connectivity index (χ3v) is 4.64. The lowest BCUT2D eigenvalue weighted by Gasteiger charge is -2.26. The molecular weight excluding hydrogens is 464 g/mol. The molecule has 0 spiro atoms. The lowest BCUT2D eigenvalue weighted by molar-refractivity contribution is -0.140. The maximum Gasteiger partial charge on any atom is 0.317 e. The molecule has 0 saturated heterocycles. The minimum Gasteiger partial charge on any atom is -0.480 e. The van der Waals surface area contributed by atoms with Crippen LogP contribution in [0.3, 0.4) is 0 Å². The van der Waals surface area contributed by atoms with E-state index >= 15 is 0 Å². The van der Waals surface area contributed by atoms with Gasteiger partial charge in [0, 0.05) is 57.8 Å². The molecule has 0 atom stereocenters. The van der Waals surface area contributed by atoms with Crippen LogP contribution in [0.25, 0.3) is 0 Å². The summed E-state index contributed by atoms with van der Waals surface area (Å²) in [5.74, 6) is -3.47. The third kappa shape index (κ3) is 19.2. The maximum atomic E-state index is 11.9. The van der Waals surface area contributed by atoms with Crippen LogP contribution in [0.4, 0.5) is 0 Å². The Morgan fingerprint density at radius 2 is 1.09 bits per heavy atom. The smallest absolute Gasteiger partial charge is 0.317 e. The molecule has 0 aromatic carbocycles. The lowest BCUT2D eigenvalue weighted by atomic mass is 9.96. The molecule has 0 aliphatic carbocycles. The molecule has 0 heterocycles. The van der Waals surface area contributed by atoms with Gasteiger partial charge < -0.3 is 36.6 Å². The summed E-state index contributed by atoms with van der Waals surface area (Å²) in [6.45, 7) is 7.01. The molecule has 0 radical (unpaired) electrons. The van der Waals surface area contributed by atoms with Gasteiger partial charge in [-0.05, 0) is 0 Å². The van der Waals surface area contributed by atoms with Crippen LogP contribution in [0.1, 0.15) is 20.8 Å². The third-order valence-electron chi connectivity index (χ3n) is 4.64. The lowest BCUT2D eigenvalue weighted by Crippen LogP contribution is -2.45. The molecule has 0 unspecified atom stereocenters. The number of carboxylic acids is 3. The Morgan fingerprint density at radius 1 is 0.629 bits per heavy atom. The number of nitrogens with zero attached hydrogens (tertiary/aromatic N) is 2. The van der Waals surface area contributed by atoms with Gasteiger partial charge in [0.05, 0.1) is 26.2 Å². The van der Waals surface area contributed by atoms with E-state index in [0.717, 1.165) is 0 Å². The number of carboxylic acid groups (broad SMARTS) is 3. The molecule has 0 aromatic rings. The van der Waals surface area contributed by atoms with Gasteiger partial charge in [0.2, 0.25) is 11.8 Å². The Hall–Kier alpha value is -2.81. The van der Waals surface area contributed by atoms with Gasteiger partial charge in [-0.3, -0.25) is 33.8 Å². The molecule has 0 rings (SSSR count). The van der Waals surface area contributed by atoms with Gasteiger partial charge in [0.1, 0.15) is 0 Å². The Balaban J connectivity index is 4.35. The fourth-order valence-electron chi connectivity index (χ4n) is 2.78. The second-order valence-corrected chi connectivity index (χ2v) is 8.94. The Bertz CT molecular complexity index is 698. The number of aliphatic carboxylic acids is 3. The van der Waals surface area contributed by atoms with E-state index in [2.05, 4.69) is 21.3 Å². The van der Waals surface area contributed by atoms with Crippen molar-refractivity contribution in [2.75, 3.05) is 78.5 Å². The predicted octanol–water partition coefficient (Wildman–Crippen LogP) is -2.70. The topological polar surface area (TPSA) is 201 Å². The number of hydrogen-bond donors (Lipinski definition) is 7. The molecule has 0 aromatic heterocycles. The summed E-state index contributed by atoms with van der Waals surface area (Å²) in [6, 6.07) is 0. The van der Waals surface area contributed by atoms with Crippen molar-refractivity contribution in [1.82, 2.24) is 31.1 Å². The van der Waals surface area contributed by atoms with Gasteiger partial charge in [0.25, 0.3) is 0 Å². The SMILES string of the molecule is CC(C)(C)C(=O)NCCNC(=O)CNCCN(CCN(CCNCC(=O)O)CC(=O)O)CC(=O)O. The molecule has 0 bridgehead atoms. The molecule has 0 aliphatic rings. The highest BCUT2D eigenvalue weighted by atomic mass is 16.4. The van der Waals surface area contributed by atoms with Crippen molar-refractivity contribution < 1.29 is 39.3 Å². The molecule has 0 saturated carbocycles. The number of amides is 2. The molecule has 7 N–H and O–H groups in total. The van der Waals surface area contributed by atoms with Crippen LogP contribution in [-0.2, 0) is 24.0 Å². The maximum absolute atomic E-state index is 11.9. The zero-order chi connectivity index (χ0) is 26.9. The molecule has 2 amide bonds. The van der Waals surface area contributed by atoms with Crippen molar-refractivity contribution in [3.05, 3.63) is 0 Å². The van der Waals surface area contributed by atoms with Crippen LogP contribution in [0.5, 0.6) is 0 Å². The molecule has 0 fully saturated rings. The molecule has 202 valence electrons. The zero-order valence-electron chi connectivity index (χ0n) is 20.8. The molecular formula is C21H40N6O8. The highest BCUT2D eigenvalue weighted by molar-refractivity contribution is 5.81. The van der Waals surface area contributed by atoms with Crippen molar-refractivity contribution in [3.8, 4) is 0 Å². The van der Waals surface area contributed by atoms with Crippen LogP contribution in [0.15, 0.2) is 0 Å². The van der Waals surface area contributed by atoms with E-state index in [4.69, 9.17) is 15.3 Å². The zero-order valence-corrected chi connectivity index (χ0v) is 20.8. The van der Waals surface area contributed by atoms with Crippen molar-refractivity contribution >= 4 is 29.7 Å². The highest BCUT2D eigenvalue weighted by Gasteiger charge is 2.20. The van der Waals surface area contributed by atoms with Crippen molar-refractivity contribution in [1.29, 1.82) is 0 Å². The van der Waals surface area contributed by atoms with Gasteiger partial charge in [-0.15, -0.1) is 0 Å². The summed E-state index contributed by atoms with van der Waals surface area (Å²) in [4.78, 5) is 59.7. The summed E-state index contributed by atoms with van der Waals surface area (Å²) < 4.78 is 0. The number of nitrogens with one attached hydrogen (secondary N) is 4. The largest absolute Gasteiger partial charge is 0.480 e. The van der Waals surface area contributed by atoms with Crippen LogP contribution in [0.2, 0.25) is 0 Å². The monoisotopic (exact) mass is 504 g/mol. The van der Waals surface area contributed by atoms with Crippen LogP contribution in [-0.4, -0.2) is 133 Å². The summed E-state index contributed by atoms with van der Waals surface area (Å²) >= 11 is 0. The summed E-state index contributed by atoms with van der Waals surface area (Å²) in [5, 5.41) is 37.9. The van der Waals surface area contributed by atoms with Gasteiger partial charge in [-0.25, -0.2) is 0 Å². The van der Waals surface area contributed by atoms with E-state index in [0.29, 0.717) is 19.6 Å². The Kier molecular flexibility index (Phi) is 16.2. The van der Waals surface area contributed by atoms with Gasteiger partial charge in [0.15, 0.2) is 0 Å². The first kappa shape index (κ1) is 32.2. The molecule has 35 heavy (non-hydrogen) atoms. The van der Waals surface area contributed by atoms with Crippen molar-refractivity contribution in [2.24, 2.45) is 5.41 Å². The second-order valence-electron chi connectivity index (χ2n) is 8.94. The summed E-state index contributed by atoms with van der Waals surface area (Å²) in [6.07, 6.45) is 0. The van der Waals surface area contributed by atoms with Gasteiger partial charge >= 0.3 is 17.9 Å². The number of hydrogen-bond acceptors (Lipinski definition) is 9. The van der Waals surface area contributed by atoms with Crippen LogP contribution >= 0.6 is 0 Å². The second kappa shape index (κ2) is 17.6. The van der Waals surface area contributed by atoms with Gasteiger partial charge in [-0.1, -0.05) is 20.8 Å². The predicted molar refractivity (Wildman–Crippen MR) is 127 cm³/mol. The van der Waals surface area contributed by atoms with Crippen molar-refractivity contribution in [2.45, 2.75) is 20.8 Å². The van der Waals surface area contributed by atoms with E-state index in [1.54, 1.807) is 30.6 Å². The van der Waals surface area contributed by atoms with E-state index in [-0.39, 0.29) is 70.7 Å². The van der Waals surface area contributed by atoms with Gasteiger partial charge in [-0.2, -0.15) is 0 Å². The van der Waals surface area contributed by atoms with E-state index in [1.165, 1.54) is 0 Å². The minimum absolute atomic E-state index is 0.0223. The first-order valence-corrected chi connectivity index (χ1v) is 11.4. The first-order chi connectivity index (χ1) is 16.3. The van der Waals surface area contributed by atoms with E-state index < -0.39 is 23.3 Å². The average molecular weight is 505 g/mol. The fourth-order valence-corrected chi connectivity index (χ4v) is 2.78. The van der Waals surface area contributed by atoms with Crippen molar-refractivity contribution in [3.63, 3.8) is 0 Å². The van der Waals surface area contributed by atoms with Crippen LogP contribution < -0.4 is 21.3 Å². The number of rotatable bonds is 20. The molecule has 14 heteroatoms. The van der Waals surface area contributed by atoms with E-state index in [1.807, 2.05) is 0 Å².